The average molecular weight is 450 g/mol. The Bertz CT molecular complexity index is 1070. The van der Waals surface area contributed by atoms with Gasteiger partial charge in [-0.2, -0.15) is 5.10 Å². The maximum absolute atomic E-state index is 12.7. The number of nitrogens with zero attached hydrogens (tertiary/aromatic N) is 5. The van der Waals surface area contributed by atoms with Gasteiger partial charge in [0, 0.05) is 5.92 Å². The fraction of sp³-hybridized carbons (Fsp3) is 0.348. The van der Waals surface area contributed by atoms with Crippen LogP contribution in [0.4, 0.5) is 5.82 Å². The number of carbonyl (C=O) groups is 2. The molecule has 4 N–H and O–H groups in total. The molecule has 1 aliphatic heterocycles. The summed E-state index contributed by atoms with van der Waals surface area (Å²) in [6.07, 6.45) is 5.30. The van der Waals surface area contributed by atoms with E-state index in [1.54, 1.807) is 49.4 Å². The van der Waals surface area contributed by atoms with E-state index in [-0.39, 0.29) is 18.3 Å². The molecule has 2 amide bonds. The van der Waals surface area contributed by atoms with Gasteiger partial charge >= 0.3 is 0 Å². The molecule has 172 valence electrons. The van der Waals surface area contributed by atoms with Crippen LogP contribution in [0.2, 0.25) is 0 Å². The zero-order chi connectivity index (χ0) is 23.4. The summed E-state index contributed by atoms with van der Waals surface area (Å²) >= 11 is 0. The Hall–Kier alpha value is -3.79. The first-order valence-corrected chi connectivity index (χ1v) is 10.9. The Morgan fingerprint density at radius 2 is 1.76 bits per heavy atom. The molecule has 1 aromatic heterocycles. The van der Waals surface area contributed by atoms with E-state index >= 15 is 0 Å². The number of fused-ring (bicyclic) bond motifs is 1. The monoisotopic (exact) mass is 449 g/mol. The van der Waals surface area contributed by atoms with Gasteiger partial charge in [-0.05, 0) is 44.0 Å². The minimum Gasteiger partial charge on any atom is -0.388 e. The van der Waals surface area contributed by atoms with E-state index in [1.807, 2.05) is 0 Å². The molecule has 33 heavy (non-hydrogen) atoms. The van der Waals surface area contributed by atoms with Crippen LogP contribution >= 0.6 is 0 Å². The highest BCUT2D eigenvalue weighted by Crippen LogP contribution is 2.28. The molecule has 1 saturated carbocycles. The van der Waals surface area contributed by atoms with Crippen LogP contribution in [0.15, 0.2) is 52.7 Å². The Morgan fingerprint density at radius 1 is 1.09 bits per heavy atom. The van der Waals surface area contributed by atoms with Gasteiger partial charge in [-0.15, -0.1) is 0 Å². The Labute approximate surface area is 191 Å². The number of hydrogen-bond acceptors (Lipinski definition) is 8. The summed E-state index contributed by atoms with van der Waals surface area (Å²) in [6, 6.07) is 11.8. The summed E-state index contributed by atoms with van der Waals surface area (Å²) in [5.74, 6) is 12.2. The van der Waals surface area contributed by atoms with Gasteiger partial charge in [-0.25, -0.2) is 20.7 Å². The normalized spacial score (nSPS) is 17.3. The lowest BCUT2D eigenvalue weighted by molar-refractivity contribution is 0.0924. The molecule has 10 nitrogen and oxygen atoms in total. The van der Waals surface area contributed by atoms with E-state index in [0.29, 0.717) is 28.5 Å². The summed E-state index contributed by atoms with van der Waals surface area (Å²) in [5, 5.41) is 9.31. The number of imide groups is 1. The molecular formula is C23H27N7O3. The van der Waals surface area contributed by atoms with Crippen molar-refractivity contribution in [1.82, 2.24) is 9.99 Å². The van der Waals surface area contributed by atoms with Crippen LogP contribution < -0.4 is 16.6 Å². The molecule has 2 heterocycles. The van der Waals surface area contributed by atoms with Gasteiger partial charge in [-0.1, -0.05) is 42.6 Å². The van der Waals surface area contributed by atoms with Gasteiger partial charge in [0.05, 0.1) is 16.8 Å². The molecule has 1 fully saturated rings. The molecule has 0 spiro atoms. The number of amides is 2. The summed E-state index contributed by atoms with van der Waals surface area (Å²) in [7, 11) is 0. The largest absolute Gasteiger partial charge is 0.388 e. The molecule has 0 radical (unpaired) electrons. The minimum absolute atomic E-state index is 0.0416. The molecule has 0 bridgehead atoms. The zero-order valence-electron chi connectivity index (χ0n) is 18.5. The first kappa shape index (κ1) is 22.4. The second-order valence-corrected chi connectivity index (χ2v) is 8.08. The lowest BCUT2D eigenvalue weighted by atomic mass is 9.88. The molecule has 2 aromatic rings. The van der Waals surface area contributed by atoms with Gasteiger partial charge in [0.25, 0.3) is 11.8 Å². The topological polar surface area (TPSA) is 140 Å². The number of rotatable bonds is 5. The summed E-state index contributed by atoms with van der Waals surface area (Å²) in [4.78, 5) is 36.6. The van der Waals surface area contributed by atoms with Gasteiger partial charge in [0.15, 0.2) is 12.4 Å². The van der Waals surface area contributed by atoms with Crippen molar-refractivity contribution in [2.75, 3.05) is 4.90 Å². The van der Waals surface area contributed by atoms with Crippen molar-refractivity contribution in [2.24, 2.45) is 27.9 Å². The number of oxime groups is 1. The molecule has 2 aliphatic rings. The molecule has 4 rings (SSSR count). The van der Waals surface area contributed by atoms with Crippen molar-refractivity contribution >= 4 is 29.3 Å². The van der Waals surface area contributed by atoms with E-state index < -0.39 is 11.8 Å². The zero-order valence-corrected chi connectivity index (χ0v) is 18.5. The second-order valence-electron chi connectivity index (χ2n) is 8.08. The van der Waals surface area contributed by atoms with Crippen LogP contribution in [-0.4, -0.2) is 33.5 Å². The van der Waals surface area contributed by atoms with E-state index in [0.717, 1.165) is 30.6 Å². The number of anilines is 1. The predicted octanol–water partition coefficient (Wildman–Crippen LogP) is 2.76. The quantitative estimate of drug-likeness (QED) is 0.235. The van der Waals surface area contributed by atoms with Crippen molar-refractivity contribution in [3.63, 3.8) is 0 Å². The molecule has 1 aromatic carbocycles. The van der Waals surface area contributed by atoms with Crippen LogP contribution in [0.1, 0.15) is 65.4 Å². The first-order chi connectivity index (χ1) is 16.0. The maximum Gasteiger partial charge on any atom is 0.267 e. The van der Waals surface area contributed by atoms with E-state index in [2.05, 4.69) is 15.2 Å². The number of nitrogens with two attached hydrogens (primary N) is 2. The molecule has 0 atom stereocenters. The maximum atomic E-state index is 12.7. The van der Waals surface area contributed by atoms with E-state index in [4.69, 9.17) is 16.5 Å². The molecule has 10 heteroatoms. The average Bonchev–Trinajstić information content (AvgIpc) is 3.11. The van der Waals surface area contributed by atoms with Crippen LogP contribution in [0.3, 0.4) is 0 Å². The molecule has 0 unspecified atom stereocenters. The molecular weight excluding hydrogens is 422 g/mol. The predicted molar refractivity (Wildman–Crippen MR) is 124 cm³/mol. The van der Waals surface area contributed by atoms with Crippen molar-refractivity contribution in [1.29, 1.82) is 0 Å². The lowest BCUT2D eigenvalue weighted by Gasteiger charge is -2.28. The highest BCUT2D eigenvalue weighted by Gasteiger charge is 2.37. The third kappa shape index (κ3) is 4.56. The van der Waals surface area contributed by atoms with Crippen LogP contribution in [-0.2, 0) is 11.4 Å². The highest BCUT2D eigenvalue weighted by atomic mass is 16.6. The number of benzene rings is 1. The summed E-state index contributed by atoms with van der Waals surface area (Å²) < 4.78 is 0. The Morgan fingerprint density at radius 3 is 2.39 bits per heavy atom. The Kier molecular flexibility index (Phi) is 6.64. The standard InChI is InChI=1S/C23H27N7O3/c1-15(27-24)30(25)21(16-8-3-2-4-9-16)28-33-14-17-10-7-13-20(26-17)29-22(31)18-11-5-6-12-19(18)23(29)32/h5-7,10-13,16H,2-4,8-9,14,24-25H2,1H3/b27-15-,28-21+. The fourth-order valence-corrected chi connectivity index (χ4v) is 4.14. The van der Waals surface area contributed by atoms with Crippen LogP contribution in [0.25, 0.3) is 0 Å². The van der Waals surface area contributed by atoms with Gasteiger partial charge < -0.3 is 10.7 Å². The van der Waals surface area contributed by atoms with Gasteiger partial charge in [0.2, 0.25) is 0 Å². The number of aromatic nitrogens is 1. The van der Waals surface area contributed by atoms with Crippen LogP contribution in [0.5, 0.6) is 0 Å². The third-order valence-corrected chi connectivity index (χ3v) is 5.94. The SMILES string of the molecule is C/C(=N/N)N(N)/C(=N/OCc1cccc(N2C(=O)c3ccccc3C2=O)n1)C1CCCCC1. The number of hydrogen-bond donors (Lipinski definition) is 2. The van der Waals surface area contributed by atoms with Crippen molar-refractivity contribution in [3.8, 4) is 0 Å². The summed E-state index contributed by atoms with van der Waals surface area (Å²) in [5.41, 5.74) is 1.25. The minimum atomic E-state index is -0.394. The van der Waals surface area contributed by atoms with E-state index in [9.17, 15) is 9.59 Å². The Balaban J connectivity index is 1.51. The number of amidine groups is 2. The van der Waals surface area contributed by atoms with E-state index in [1.165, 1.54) is 11.4 Å². The van der Waals surface area contributed by atoms with Crippen LogP contribution in [0, 0.1) is 5.92 Å². The fourth-order valence-electron chi connectivity index (χ4n) is 4.14. The van der Waals surface area contributed by atoms with Crippen molar-refractivity contribution < 1.29 is 14.4 Å². The third-order valence-electron chi connectivity index (χ3n) is 5.94. The number of hydrazone groups is 1. The highest BCUT2D eigenvalue weighted by molar-refractivity contribution is 6.34. The number of carbonyl (C=O) groups excluding carboxylic acids is 2. The van der Waals surface area contributed by atoms with Crippen molar-refractivity contribution in [2.45, 2.75) is 45.6 Å². The second kappa shape index (κ2) is 9.78. The molecule has 0 saturated heterocycles. The van der Waals surface area contributed by atoms with Crippen molar-refractivity contribution in [3.05, 3.63) is 59.3 Å². The number of pyridine rings is 1. The summed E-state index contributed by atoms with van der Waals surface area (Å²) in [6.45, 7) is 1.74. The lowest BCUT2D eigenvalue weighted by Crippen LogP contribution is -2.45. The molecule has 1 aliphatic carbocycles. The van der Waals surface area contributed by atoms with Gasteiger partial charge in [-0.3, -0.25) is 9.59 Å². The first-order valence-electron chi connectivity index (χ1n) is 10.9. The smallest absolute Gasteiger partial charge is 0.267 e. The number of hydrazine groups is 1. The van der Waals surface area contributed by atoms with Gasteiger partial charge in [0.1, 0.15) is 11.7 Å².